The predicted molar refractivity (Wildman–Crippen MR) is 81.6 cm³/mol. The third kappa shape index (κ3) is 2.86. The molecule has 0 N–H and O–H groups in total. The molecular formula is C17H16ClNO. The van der Waals surface area contributed by atoms with Gasteiger partial charge in [0.1, 0.15) is 0 Å². The summed E-state index contributed by atoms with van der Waals surface area (Å²) >= 11 is 6.03. The van der Waals surface area contributed by atoms with Crippen molar-refractivity contribution in [1.82, 2.24) is 4.90 Å². The van der Waals surface area contributed by atoms with Crippen LogP contribution in [0.4, 0.5) is 0 Å². The number of nitrogens with zero attached hydrogens (tertiary/aromatic N) is 1. The van der Waals surface area contributed by atoms with Crippen LogP contribution in [0.3, 0.4) is 0 Å². The fraction of sp³-hybridized carbons (Fsp3) is 0.235. The zero-order valence-corrected chi connectivity index (χ0v) is 11.9. The van der Waals surface area contributed by atoms with Crippen LogP contribution >= 0.6 is 11.6 Å². The molecule has 3 rings (SSSR count). The minimum absolute atomic E-state index is 0.0418. The van der Waals surface area contributed by atoms with E-state index < -0.39 is 0 Å². The standard InChI is InChI=1S/C17H16ClNO/c18-16-10-17(20)19(12-16)11-13-5-4-8-15(9-13)14-6-2-1-3-7-14/h1-9,16H,10-12H2. The molecule has 3 heteroatoms. The van der Waals surface area contributed by atoms with Gasteiger partial charge in [0.15, 0.2) is 0 Å². The van der Waals surface area contributed by atoms with Crippen LogP contribution in [0.2, 0.25) is 0 Å². The van der Waals surface area contributed by atoms with Crippen LogP contribution in [0.1, 0.15) is 12.0 Å². The van der Waals surface area contributed by atoms with Gasteiger partial charge >= 0.3 is 0 Å². The summed E-state index contributed by atoms with van der Waals surface area (Å²) in [6, 6.07) is 18.6. The van der Waals surface area contributed by atoms with E-state index in [9.17, 15) is 4.79 Å². The number of rotatable bonds is 3. The molecule has 1 saturated heterocycles. The Balaban J connectivity index is 1.80. The van der Waals surface area contributed by atoms with Gasteiger partial charge in [-0.1, -0.05) is 48.5 Å². The number of amides is 1. The Morgan fingerprint density at radius 3 is 2.50 bits per heavy atom. The van der Waals surface area contributed by atoms with Crippen molar-refractivity contribution in [3.05, 3.63) is 60.2 Å². The first kappa shape index (κ1) is 13.2. The lowest BCUT2D eigenvalue weighted by atomic mass is 10.0. The molecule has 1 fully saturated rings. The molecule has 0 aromatic heterocycles. The van der Waals surface area contributed by atoms with Crippen molar-refractivity contribution >= 4 is 17.5 Å². The molecule has 20 heavy (non-hydrogen) atoms. The second kappa shape index (κ2) is 5.68. The van der Waals surface area contributed by atoms with Gasteiger partial charge < -0.3 is 4.90 Å². The number of halogens is 1. The van der Waals surface area contributed by atoms with E-state index in [1.807, 2.05) is 29.2 Å². The van der Waals surface area contributed by atoms with Crippen molar-refractivity contribution in [3.8, 4) is 11.1 Å². The van der Waals surface area contributed by atoms with Crippen molar-refractivity contribution in [2.24, 2.45) is 0 Å². The van der Waals surface area contributed by atoms with Crippen LogP contribution in [0.5, 0.6) is 0 Å². The Labute approximate surface area is 124 Å². The van der Waals surface area contributed by atoms with E-state index in [4.69, 9.17) is 11.6 Å². The lowest BCUT2D eigenvalue weighted by molar-refractivity contribution is -0.128. The highest BCUT2D eigenvalue weighted by Gasteiger charge is 2.27. The molecule has 1 unspecified atom stereocenters. The van der Waals surface area contributed by atoms with Gasteiger partial charge in [0.05, 0.1) is 5.38 Å². The molecule has 0 bridgehead atoms. The monoisotopic (exact) mass is 285 g/mol. The Hall–Kier alpha value is -1.80. The van der Waals surface area contributed by atoms with Crippen molar-refractivity contribution in [1.29, 1.82) is 0 Å². The largest absolute Gasteiger partial charge is 0.337 e. The summed E-state index contributed by atoms with van der Waals surface area (Å²) in [5.41, 5.74) is 3.51. The number of alkyl halides is 1. The fourth-order valence-electron chi connectivity index (χ4n) is 2.58. The first-order valence-electron chi connectivity index (χ1n) is 6.78. The van der Waals surface area contributed by atoms with Crippen LogP contribution in [0.15, 0.2) is 54.6 Å². The molecule has 1 atom stereocenters. The number of benzene rings is 2. The maximum Gasteiger partial charge on any atom is 0.224 e. The first-order valence-corrected chi connectivity index (χ1v) is 7.22. The van der Waals surface area contributed by atoms with Crippen molar-refractivity contribution < 1.29 is 4.79 Å². The third-order valence-corrected chi connectivity index (χ3v) is 3.87. The number of carbonyl (C=O) groups is 1. The summed E-state index contributed by atoms with van der Waals surface area (Å²) in [5, 5.41) is -0.0418. The van der Waals surface area contributed by atoms with Crippen LogP contribution in [-0.2, 0) is 11.3 Å². The van der Waals surface area contributed by atoms with Gasteiger partial charge in [-0.3, -0.25) is 4.79 Å². The summed E-state index contributed by atoms with van der Waals surface area (Å²) in [6.45, 7) is 1.29. The molecule has 0 radical (unpaired) electrons. The molecule has 102 valence electrons. The third-order valence-electron chi connectivity index (χ3n) is 3.57. The zero-order valence-electron chi connectivity index (χ0n) is 11.1. The molecule has 1 amide bonds. The average molecular weight is 286 g/mol. The molecule has 0 spiro atoms. The van der Waals surface area contributed by atoms with E-state index in [2.05, 4.69) is 30.3 Å². The zero-order chi connectivity index (χ0) is 13.9. The number of hydrogen-bond acceptors (Lipinski definition) is 1. The van der Waals surface area contributed by atoms with E-state index >= 15 is 0 Å². The Morgan fingerprint density at radius 2 is 1.80 bits per heavy atom. The number of carbonyl (C=O) groups excluding carboxylic acids is 1. The Bertz CT molecular complexity index is 611. The van der Waals surface area contributed by atoms with E-state index in [0.717, 1.165) is 5.56 Å². The number of likely N-dealkylation sites (tertiary alicyclic amines) is 1. The normalized spacial score (nSPS) is 18.6. The highest BCUT2D eigenvalue weighted by Crippen LogP contribution is 2.23. The smallest absolute Gasteiger partial charge is 0.224 e. The summed E-state index contributed by atoms with van der Waals surface area (Å²) in [6.07, 6.45) is 0.458. The molecule has 1 heterocycles. The molecule has 1 aliphatic rings. The minimum Gasteiger partial charge on any atom is -0.337 e. The van der Waals surface area contributed by atoms with Crippen LogP contribution in [0.25, 0.3) is 11.1 Å². The molecule has 0 aliphatic carbocycles. The van der Waals surface area contributed by atoms with E-state index in [0.29, 0.717) is 19.5 Å². The van der Waals surface area contributed by atoms with E-state index in [1.165, 1.54) is 11.1 Å². The summed E-state index contributed by atoms with van der Waals surface area (Å²) in [7, 11) is 0. The van der Waals surface area contributed by atoms with Gasteiger partial charge in [0.25, 0.3) is 0 Å². The van der Waals surface area contributed by atoms with E-state index in [1.54, 1.807) is 0 Å². The quantitative estimate of drug-likeness (QED) is 0.788. The summed E-state index contributed by atoms with van der Waals surface area (Å²) < 4.78 is 0. The van der Waals surface area contributed by atoms with Gasteiger partial charge in [0.2, 0.25) is 5.91 Å². The lowest BCUT2D eigenvalue weighted by Crippen LogP contribution is -2.24. The van der Waals surface area contributed by atoms with Gasteiger partial charge in [-0.15, -0.1) is 11.6 Å². The van der Waals surface area contributed by atoms with Gasteiger partial charge in [-0.25, -0.2) is 0 Å². The van der Waals surface area contributed by atoms with Crippen LogP contribution in [0, 0.1) is 0 Å². The van der Waals surface area contributed by atoms with Gasteiger partial charge in [0, 0.05) is 19.5 Å². The molecular weight excluding hydrogens is 270 g/mol. The lowest BCUT2D eigenvalue weighted by Gasteiger charge is -2.16. The number of hydrogen-bond donors (Lipinski definition) is 0. The first-order chi connectivity index (χ1) is 9.72. The van der Waals surface area contributed by atoms with Crippen molar-refractivity contribution in [2.45, 2.75) is 18.3 Å². The van der Waals surface area contributed by atoms with Gasteiger partial charge in [-0.05, 0) is 22.8 Å². The Kier molecular flexibility index (Phi) is 3.75. The summed E-state index contributed by atoms with van der Waals surface area (Å²) in [4.78, 5) is 13.6. The molecule has 0 saturated carbocycles. The fourth-order valence-corrected chi connectivity index (χ4v) is 2.88. The second-order valence-electron chi connectivity index (χ2n) is 5.14. The van der Waals surface area contributed by atoms with Crippen molar-refractivity contribution in [2.75, 3.05) is 6.54 Å². The molecule has 2 aromatic carbocycles. The van der Waals surface area contributed by atoms with Crippen molar-refractivity contribution in [3.63, 3.8) is 0 Å². The highest BCUT2D eigenvalue weighted by molar-refractivity contribution is 6.22. The molecule has 2 nitrogen and oxygen atoms in total. The van der Waals surface area contributed by atoms with E-state index in [-0.39, 0.29) is 11.3 Å². The molecule has 2 aromatic rings. The SMILES string of the molecule is O=C1CC(Cl)CN1Cc1cccc(-c2ccccc2)c1. The molecule has 1 aliphatic heterocycles. The van der Waals surface area contributed by atoms with Crippen LogP contribution < -0.4 is 0 Å². The minimum atomic E-state index is -0.0418. The maximum absolute atomic E-state index is 11.8. The Morgan fingerprint density at radius 1 is 1.05 bits per heavy atom. The topological polar surface area (TPSA) is 20.3 Å². The van der Waals surface area contributed by atoms with Gasteiger partial charge in [-0.2, -0.15) is 0 Å². The van der Waals surface area contributed by atoms with Crippen LogP contribution in [-0.4, -0.2) is 22.7 Å². The highest BCUT2D eigenvalue weighted by atomic mass is 35.5. The average Bonchev–Trinajstić information content (AvgIpc) is 2.78. The summed E-state index contributed by atoms with van der Waals surface area (Å²) in [5.74, 6) is 0.148. The maximum atomic E-state index is 11.8. The predicted octanol–water partition coefficient (Wildman–Crippen LogP) is 3.69. The second-order valence-corrected chi connectivity index (χ2v) is 5.76.